The number of rotatable bonds is 15. The second-order valence-electron chi connectivity index (χ2n) is 7.55. The first-order chi connectivity index (χ1) is 16.1. The van der Waals surface area contributed by atoms with Crippen molar-refractivity contribution in [1.29, 1.82) is 0 Å². The Labute approximate surface area is 200 Å². The van der Waals surface area contributed by atoms with Gasteiger partial charge in [0.15, 0.2) is 5.50 Å². The first-order valence-electron chi connectivity index (χ1n) is 9.26. The van der Waals surface area contributed by atoms with Crippen molar-refractivity contribution in [2.75, 3.05) is 39.6 Å². The van der Waals surface area contributed by atoms with E-state index in [0.29, 0.717) is 6.54 Å². The highest BCUT2D eigenvalue weighted by Crippen LogP contribution is 2.64. The summed E-state index contributed by atoms with van der Waals surface area (Å²) in [6, 6.07) is 0. The molecule has 0 aliphatic carbocycles. The number of nitrogens with zero attached hydrogens (tertiary/aromatic N) is 1. The zero-order chi connectivity index (χ0) is 30.1. The van der Waals surface area contributed by atoms with Crippen molar-refractivity contribution in [3.05, 3.63) is 0 Å². The minimum atomic E-state index is -8.70. The Morgan fingerprint density at radius 3 is 1.35 bits per heavy atom. The molecular formula is C16H17F18NOS. The molecule has 0 aliphatic rings. The van der Waals surface area contributed by atoms with Gasteiger partial charge in [-0.05, 0) is 14.1 Å². The number of hydrogen-bond donors (Lipinski definition) is 0. The molecule has 0 aromatic rings. The largest absolute Gasteiger partial charge is 0.460 e. The molecule has 0 spiro atoms. The molecule has 0 rings (SSSR count). The second-order valence-corrected chi connectivity index (χ2v) is 8.80. The quantitative estimate of drug-likeness (QED) is 0.146. The van der Waals surface area contributed by atoms with Crippen LogP contribution in [0.2, 0.25) is 0 Å². The van der Waals surface area contributed by atoms with Gasteiger partial charge in [0.05, 0.1) is 19.6 Å². The van der Waals surface area contributed by atoms with Gasteiger partial charge in [-0.3, -0.25) is 0 Å². The smallest absolute Gasteiger partial charge is 0.379 e. The molecule has 0 bridgehead atoms. The predicted octanol–water partition coefficient (Wildman–Crippen LogP) is 6.99. The Morgan fingerprint density at radius 2 is 0.973 bits per heavy atom. The fourth-order valence-corrected chi connectivity index (χ4v) is 2.97. The maximum absolute atomic E-state index is 13.7. The summed E-state index contributed by atoms with van der Waals surface area (Å²) < 4.78 is 242. The molecule has 0 aromatic carbocycles. The molecule has 0 N–H and O–H groups in total. The average molecular weight is 613 g/mol. The van der Waals surface area contributed by atoms with Gasteiger partial charge < -0.3 is 9.64 Å². The second kappa shape index (κ2) is 11.2. The lowest BCUT2D eigenvalue weighted by Crippen LogP contribution is -2.74. The SMILES string of the molecule is CN(C)CCOCCSC(F)CC(F)(F)C(F)(F)C(F)(F)C(F)(F)C(F)(F)C(F)(F)C(F)(F)C(F)(F)F. The van der Waals surface area contributed by atoms with Crippen LogP contribution in [-0.2, 0) is 4.74 Å². The number of ether oxygens (including phenoxy) is 1. The third-order valence-corrected chi connectivity index (χ3v) is 5.34. The van der Waals surface area contributed by atoms with Crippen LogP contribution in [0.25, 0.3) is 0 Å². The summed E-state index contributed by atoms with van der Waals surface area (Å²) in [5.74, 6) is -57.8. The molecule has 21 heteroatoms. The predicted molar refractivity (Wildman–Crippen MR) is 92.0 cm³/mol. The molecule has 0 fully saturated rings. The van der Waals surface area contributed by atoms with Crippen molar-refractivity contribution in [2.24, 2.45) is 0 Å². The highest BCUT2D eigenvalue weighted by molar-refractivity contribution is 7.99. The fourth-order valence-electron chi connectivity index (χ4n) is 2.17. The van der Waals surface area contributed by atoms with Crippen LogP contribution in [0.3, 0.4) is 0 Å². The molecule has 0 saturated heterocycles. The highest BCUT2D eigenvalue weighted by atomic mass is 32.2. The van der Waals surface area contributed by atoms with E-state index in [0.717, 1.165) is 0 Å². The molecule has 1 atom stereocenters. The van der Waals surface area contributed by atoms with Gasteiger partial charge in [0.2, 0.25) is 0 Å². The lowest BCUT2D eigenvalue weighted by atomic mass is 9.88. The Morgan fingerprint density at radius 1 is 0.595 bits per heavy atom. The molecule has 0 aromatic heterocycles. The highest BCUT2D eigenvalue weighted by Gasteiger charge is 2.95. The first-order valence-corrected chi connectivity index (χ1v) is 10.3. The average Bonchev–Trinajstić information content (AvgIpc) is 2.68. The van der Waals surface area contributed by atoms with Gasteiger partial charge in [0.25, 0.3) is 0 Å². The van der Waals surface area contributed by atoms with Crippen LogP contribution in [0.4, 0.5) is 79.0 Å². The summed E-state index contributed by atoms with van der Waals surface area (Å²) in [6.45, 7) is -0.147. The van der Waals surface area contributed by atoms with E-state index in [9.17, 15) is 79.0 Å². The van der Waals surface area contributed by atoms with Crippen LogP contribution < -0.4 is 0 Å². The molecule has 0 radical (unpaired) electrons. The zero-order valence-electron chi connectivity index (χ0n) is 18.2. The summed E-state index contributed by atoms with van der Waals surface area (Å²) in [5, 5.41) is 0. The Bertz CT molecular complexity index is 738. The van der Waals surface area contributed by atoms with E-state index in [2.05, 4.69) is 0 Å². The molecule has 0 amide bonds. The lowest BCUT2D eigenvalue weighted by molar-refractivity contribution is -0.461. The van der Waals surface area contributed by atoms with Crippen LogP contribution in [0.5, 0.6) is 0 Å². The number of halogens is 18. The van der Waals surface area contributed by atoms with Crippen molar-refractivity contribution < 1.29 is 83.8 Å². The first kappa shape index (κ1) is 36.0. The summed E-state index contributed by atoms with van der Waals surface area (Å²) in [6.07, 6.45) is -10.9. The van der Waals surface area contributed by atoms with E-state index in [1.807, 2.05) is 0 Å². The van der Waals surface area contributed by atoms with Crippen LogP contribution in [0.15, 0.2) is 0 Å². The van der Waals surface area contributed by atoms with Gasteiger partial charge in [-0.15, -0.1) is 11.8 Å². The summed E-state index contributed by atoms with van der Waals surface area (Å²) in [5.41, 5.74) is -3.31. The Hall–Kier alpha value is -0.990. The zero-order valence-corrected chi connectivity index (χ0v) is 19.0. The fraction of sp³-hybridized carbons (Fsp3) is 1.00. The number of hydrogen-bond acceptors (Lipinski definition) is 3. The van der Waals surface area contributed by atoms with E-state index in [4.69, 9.17) is 4.74 Å². The van der Waals surface area contributed by atoms with Crippen molar-refractivity contribution in [2.45, 2.75) is 59.6 Å². The molecule has 0 heterocycles. The van der Waals surface area contributed by atoms with Gasteiger partial charge in [-0.1, -0.05) is 0 Å². The van der Waals surface area contributed by atoms with Gasteiger partial charge in [-0.25, -0.2) is 4.39 Å². The van der Waals surface area contributed by atoms with Gasteiger partial charge in [-0.2, -0.15) is 74.6 Å². The maximum Gasteiger partial charge on any atom is 0.460 e. The molecule has 2 nitrogen and oxygen atoms in total. The lowest BCUT2D eigenvalue weighted by Gasteiger charge is -2.42. The summed E-state index contributed by atoms with van der Waals surface area (Å²) in [4.78, 5) is 1.59. The van der Waals surface area contributed by atoms with E-state index in [-0.39, 0.29) is 18.4 Å². The van der Waals surface area contributed by atoms with Crippen molar-refractivity contribution in [1.82, 2.24) is 4.90 Å². The van der Waals surface area contributed by atoms with E-state index in [1.165, 1.54) is 0 Å². The number of thioether (sulfide) groups is 1. The van der Waals surface area contributed by atoms with Crippen LogP contribution in [0.1, 0.15) is 6.42 Å². The molecule has 1 unspecified atom stereocenters. The minimum Gasteiger partial charge on any atom is -0.379 e. The van der Waals surface area contributed by atoms with Crippen LogP contribution >= 0.6 is 11.8 Å². The molecule has 37 heavy (non-hydrogen) atoms. The number of likely N-dealkylation sites (N-methyl/N-ethyl adjacent to an activating group) is 1. The minimum absolute atomic E-state index is 0.00766. The topological polar surface area (TPSA) is 12.5 Å². The van der Waals surface area contributed by atoms with Crippen LogP contribution in [0, 0.1) is 0 Å². The Balaban J connectivity index is 5.91. The monoisotopic (exact) mass is 613 g/mol. The number of alkyl halides is 18. The van der Waals surface area contributed by atoms with Crippen LogP contribution in [-0.4, -0.2) is 97.6 Å². The van der Waals surface area contributed by atoms with Crippen molar-refractivity contribution in [3.8, 4) is 0 Å². The molecule has 0 aliphatic heterocycles. The standard InChI is InChI=1S/C16H17F18NOS/c1-35(2)3-4-36-5-6-37-8(17)7-9(18,19)10(20,21)11(22,23)12(24,25)13(26,27)14(28,29)15(30,31)16(32,33)34/h8H,3-7H2,1-2H3. The Kier molecular flexibility index (Phi) is 10.9. The molecule has 0 saturated carbocycles. The van der Waals surface area contributed by atoms with Gasteiger partial charge in [0, 0.05) is 12.3 Å². The molecule has 224 valence electrons. The third kappa shape index (κ3) is 6.60. The molecular weight excluding hydrogens is 596 g/mol. The van der Waals surface area contributed by atoms with E-state index >= 15 is 0 Å². The van der Waals surface area contributed by atoms with Gasteiger partial charge in [0.1, 0.15) is 0 Å². The summed E-state index contributed by atoms with van der Waals surface area (Å²) >= 11 is -0.331. The van der Waals surface area contributed by atoms with Gasteiger partial charge >= 0.3 is 47.6 Å². The van der Waals surface area contributed by atoms with Crippen molar-refractivity contribution >= 4 is 11.8 Å². The maximum atomic E-state index is 13.7. The van der Waals surface area contributed by atoms with Crippen molar-refractivity contribution in [3.63, 3.8) is 0 Å². The third-order valence-electron chi connectivity index (χ3n) is 4.41. The summed E-state index contributed by atoms with van der Waals surface area (Å²) in [7, 11) is 3.19. The normalized spacial score (nSPS) is 16.5. The van der Waals surface area contributed by atoms with E-state index in [1.54, 1.807) is 19.0 Å². The van der Waals surface area contributed by atoms with E-state index < -0.39 is 71.9 Å².